The lowest BCUT2D eigenvalue weighted by Crippen LogP contribution is -2.49. The number of aromatic nitrogens is 1. The van der Waals surface area contributed by atoms with Gasteiger partial charge in [-0.2, -0.15) is 0 Å². The van der Waals surface area contributed by atoms with E-state index in [0.29, 0.717) is 0 Å². The molecule has 1 aromatic heterocycles. The fourth-order valence-electron chi connectivity index (χ4n) is 2.40. The third-order valence-electron chi connectivity index (χ3n) is 4.02. The normalized spacial score (nSPS) is 20.0. The fraction of sp³-hybridized carbons (Fsp3) is 0.688. The van der Waals surface area contributed by atoms with Crippen molar-refractivity contribution >= 4 is 0 Å². The second kappa shape index (κ2) is 6.66. The summed E-state index contributed by atoms with van der Waals surface area (Å²) >= 11 is 0. The number of hydrogen-bond donors (Lipinski definition) is 1. The molecule has 4 nitrogen and oxygen atoms in total. The largest absolute Gasteiger partial charge is 0.391 e. The van der Waals surface area contributed by atoms with E-state index >= 15 is 0 Å². The lowest BCUT2D eigenvalue weighted by Gasteiger charge is -2.38. The Hall–Kier alpha value is -0.970. The molecule has 0 bridgehead atoms. The number of aliphatic hydroxyl groups excluding tert-OH is 1. The summed E-state index contributed by atoms with van der Waals surface area (Å²) in [4.78, 5) is 8.99. The van der Waals surface area contributed by atoms with Crippen LogP contribution < -0.4 is 0 Å². The molecule has 0 spiro atoms. The van der Waals surface area contributed by atoms with Crippen LogP contribution >= 0.6 is 0 Å². The van der Waals surface area contributed by atoms with Crippen LogP contribution in [-0.2, 0) is 6.54 Å². The summed E-state index contributed by atoms with van der Waals surface area (Å²) < 4.78 is 0. The Bertz CT molecular complexity index is 394. The van der Waals surface area contributed by atoms with Crippen LogP contribution in [0.4, 0.5) is 0 Å². The molecule has 0 saturated carbocycles. The molecule has 1 N–H and O–H groups in total. The summed E-state index contributed by atoms with van der Waals surface area (Å²) in [6.45, 7) is 12.2. The van der Waals surface area contributed by atoms with E-state index in [1.54, 1.807) is 0 Å². The molecule has 20 heavy (non-hydrogen) atoms. The molecular formula is C16H27N3O. The first-order valence-corrected chi connectivity index (χ1v) is 7.47. The molecule has 1 atom stereocenters. The minimum atomic E-state index is -0.257. The van der Waals surface area contributed by atoms with Crippen LogP contribution in [0.15, 0.2) is 24.5 Å². The van der Waals surface area contributed by atoms with Gasteiger partial charge in [0.15, 0.2) is 0 Å². The van der Waals surface area contributed by atoms with Crippen LogP contribution in [0, 0.1) is 5.41 Å². The zero-order chi connectivity index (χ0) is 14.6. The lowest BCUT2D eigenvalue weighted by molar-refractivity contribution is 0.0125. The highest BCUT2D eigenvalue weighted by molar-refractivity contribution is 5.08. The second-order valence-electron chi connectivity index (χ2n) is 6.82. The molecule has 1 fully saturated rings. The SMILES string of the molecule is CC(C)(C)[C@@H](O)CN1CCN(Cc2cccnc2)CC1. The summed E-state index contributed by atoms with van der Waals surface area (Å²) in [7, 11) is 0. The molecule has 112 valence electrons. The third-order valence-corrected chi connectivity index (χ3v) is 4.02. The van der Waals surface area contributed by atoms with Gasteiger partial charge in [0.05, 0.1) is 6.10 Å². The van der Waals surface area contributed by atoms with Crippen molar-refractivity contribution in [2.75, 3.05) is 32.7 Å². The van der Waals surface area contributed by atoms with Gasteiger partial charge in [-0.3, -0.25) is 14.8 Å². The molecule has 0 unspecified atom stereocenters. The first-order valence-electron chi connectivity index (χ1n) is 7.47. The summed E-state index contributed by atoms with van der Waals surface area (Å²) in [6.07, 6.45) is 3.50. The monoisotopic (exact) mass is 277 g/mol. The Morgan fingerprint density at radius 1 is 1.20 bits per heavy atom. The van der Waals surface area contributed by atoms with Gasteiger partial charge in [-0.25, -0.2) is 0 Å². The van der Waals surface area contributed by atoms with Crippen molar-refractivity contribution in [3.05, 3.63) is 30.1 Å². The van der Waals surface area contributed by atoms with Gasteiger partial charge >= 0.3 is 0 Å². The number of pyridine rings is 1. The van der Waals surface area contributed by atoms with Gasteiger partial charge in [0.25, 0.3) is 0 Å². The molecule has 0 radical (unpaired) electrons. The van der Waals surface area contributed by atoms with Gasteiger partial charge < -0.3 is 5.11 Å². The van der Waals surface area contributed by atoms with Crippen LogP contribution in [0.5, 0.6) is 0 Å². The Kier molecular flexibility index (Phi) is 5.13. The minimum absolute atomic E-state index is 0.0349. The zero-order valence-electron chi connectivity index (χ0n) is 12.9. The van der Waals surface area contributed by atoms with Crippen molar-refractivity contribution in [3.63, 3.8) is 0 Å². The Labute approximate surface area is 122 Å². The van der Waals surface area contributed by atoms with E-state index in [1.807, 2.05) is 18.5 Å². The highest BCUT2D eigenvalue weighted by atomic mass is 16.3. The summed E-state index contributed by atoms with van der Waals surface area (Å²) in [5.74, 6) is 0. The molecule has 1 aromatic rings. The van der Waals surface area contributed by atoms with Crippen molar-refractivity contribution in [1.29, 1.82) is 0 Å². The van der Waals surface area contributed by atoms with E-state index in [9.17, 15) is 5.11 Å². The Morgan fingerprint density at radius 3 is 2.40 bits per heavy atom. The number of piperazine rings is 1. The topological polar surface area (TPSA) is 39.6 Å². The van der Waals surface area contributed by atoms with Gasteiger partial charge in [-0.05, 0) is 17.0 Å². The molecule has 1 aliphatic rings. The quantitative estimate of drug-likeness (QED) is 0.907. The van der Waals surface area contributed by atoms with Crippen LogP contribution in [0.2, 0.25) is 0 Å². The number of aliphatic hydroxyl groups is 1. The van der Waals surface area contributed by atoms with Crippen molar-refractivity contribution in [3.8, 4) is 0 Å². The van der Waals surface area contributed by atoms with E-state index in [4.69, 9.17) is 0 Å². The third kappa shape index (κ3) is 4.54. The number of rotatable bonds is 4. The molecule has 1 aliphatic heterocycles. The Morgan fingerprint density at radius 2 is 1.85 bits per heavy atom. The lowest BCUT2D eigenvalue weighted by atomic mass is 9.89. The standard InChI is InChI=1S/C16H27N3O/c1-16(2,3)15(20)13-19-9-7-18(8-10-19)12-14-5-4-6-17-11-14/h4-6,11,15,20H,7-10,12-13H2,1-3H3/t15-/m0/s1. The number of nitrogens with zero attached hydrogens (tertiary/aromatic N) is 3. The maximum atomic E-state index is 10.2. The maximum absolute atomic E-state index is 10.2. The Balaban J connectivity index is 1.75. The smallest absolute Gasteiger partial charge is 0.0715 e. The van der Waals surface area contributed by atoms with Crippen LogP contribution in [0.25, 0.3) is 0 Å². The molecular weight excluding hydrogens is 250 g/mol. The van der Waals surface area contributed by atoms with E-state index < -0.39 is 0 Å². The maximum Gasteiger partial charge on any atom is 0.0715 e. The van der Waals surface area contributed by atoms with Crippen molar-refractivity contribution in [2.45, 2.75) is 33.4 Å². The van der Waals surface area contributed by atoms with Gasteiger partial charge in [-0.15, -0.1) is 0 Å². The highest BCUT2D eigenvalue weighted by Crippen LogP contribution is 2.20. The highest BCUT2D eigenvalue weighted by Gasteiger charge is 2.26. The first-order chi connectivity index (χ1) is 9.45. The average Bonchev–Trinajstić information content (AvgIpc) is 2.41. The van der Waals surface area contributed by atoms with E-state index in [1.165, 1.54) is 5.56 Å². The summed E-state index contributed by atoms with van der Waals surface area (Å²) in [6, 6.07) is 4.12. The number of β-amino-alcohol motifs (C(OH)–C–C–N with tert-alkyl or cyclic N) is 1. The van der Waals surface area contributed by atoms with Crippen molar-refractivity contribution in [1.82, 2.24) is 14.8 Å². The second-order valence-corrected chi connectivity index (χ2v) is 6.82. The van der Waals surface area contributed by atoms with Gasteiger partial charge in [-0.1, -0.05) is 26.8 Å². The van der Waals surface area contributed by atoms with Crippen molar-refractivity contribution < 1.29 is 5.11 Å². The first kappa shape index (κ1) is 15.4. The predicted molar refractivity (Wildman–Crippen MR) is 81.4 cm³/mol. The molecule has 1 saturated heterocycles. The average molecular weight is 277 g/mol. The van der Waals surface area contributed by atoms with E-state index in [2.05, 4.69) is 41.6 Å². The molecule has 0 aromatic carbocycles. The van der Waals surface area contributed by atoms with Crippen LogP contribution in [0.1, 0.15) is 26.3 Å². The van der Waals surface area contributed by atoms with E-state index in [-0.39, 0.29) is 11.5 Å². The zero-order valence-corrected chi connectivity index (χ0v) is 12.9. The van der Waals surface area contributed by atoms with Crippen LogP contribution in [0.3, 0.4) is 0 Å². The molecule has 0 amide bonds. The van der Waals surface area contributed by atoms with Gasteiger partial charge in [0, 0.05) is 51.7 Å². The molecule has 4 heteroatoms. The van der Waals surface area contributed by atoms with Crippen LogP contribution in [-0.4, -0.2) is 58.7 Å². The predicted octanol–water partition coefficient (Wildman–Crippen LogP) is 1.61. The van der Waals surface area contributed by atoms with Crippen molar-refractivity contribution in [2.24, 2.45) is 5.41 Å². The van der Waals surface area contributed by atoms with E-state index in [0.717, 1.165) is 39.3 Å². The molecule has 0 aliphatic carbocycles. The molecule has 2 rings (SSSR count). The summed E-state index contributed by atoms with van der Waals surface area (Å²) in [5.41, 5.74) is 1.24. The summed E-state index contributed by atoms with van der Waals surface area (Å²) in [5, 5.41) is 10.2. The number of hydrogen-bond acceptors (Lipinski definition) is 4. The fourth-order valence-corrected chi connectivity index (χ4v) is 2.40. The minimum Gasteiger partial charge on any atom is -0.391 e. The van der Waals surface area contributed by atoms with Gasteiger partial charge in [0.1, 0.15) is 0 Å². The molecule has 2 heterocycles. The van der Waals surface area contributed by atoms with Gasteiger partial charge in [0.2, 0.25) is 0 Å².